The average Bonchev–Trinajstić information content (AvgIpc) is 2.69. The van der Waals surface area contributed by atoms with Gasteiger partial charge in [0.1, 0.15) is 6.33 Å². The summed E-state index contributed by atoms with van der Waals surface area (Å²) in [7, 11) is 1.79. The van der Waals surface area contributed by atoms with Gasteiger partial charge in [-0.2, -0.15) is 0 Å². The predicted molar refractivity (Wildman–Crippen MR) is 73.1 cm³/mol. The third kappa shape index (κ3) is 2.06. The number of amides is 1. The van der Waals surface area contributed by atoms with Crippen molar-refractivity contribution in [3.8, 4) is 0 Å². The van der Waals surface area contributed by atoms with E-state index in [9.17, 15) is 4.79 Å². The molecule has 1 amide bonds. The zero-order valence-electron chi connectivity index (χ0n) is 11.7. The summed E-state index contributed by atoms with van der Waals surface area (Å²) in [6, 6.07) is 0.169. The lowest BCUT2D eigenvalue weighted by molar-refractivity contribution is -0.126. The van der Waals surface area contributed by atoms with Gasteiger partial charge in [0.2, 0.25) is 5.91 Å². The van der Waals surface area contributed by atoms with Crippen molar-refractivity contribution in [2.45, 2.75) is 19.9 Å². The van der Waals surface area contributed by atoms with Crippen molar-refractivity contribution in [2.24, 2.45) is 13.0 Å². The van der Waals surface area contributed by atoms with Gasteiger partial charge in [-0.1, -0.05) is 5.21 Å². The molecule has 0 saturated carbocycles. The molecule has 1 fully saturated rings. The Balaban J connectivity index is 1.74. The third-order valence-electron chi connectivity index (χ3n) is 3.35. The summed E-state index contributed by atoms with van der Waals surface area (Å²) in [5, 5.41) is 11.0. The van der Waals surface area contributed by atoms with Crippen LogP contribution < -0.4 is 10.2 Å². The van der Waals surface area contributed by atoms with Crippen LogP contribution >= 0.6 is 0 Å². The van der Waals surface area contributed by atoms with E-state index < -0.39 is 0 Å². The van der Waals surface area contributed by atoms with Gasteiger partial charge in [0.15, 0.2) is 17.0 Å². The third-order valence-corrected chi connectivity index (χ3v) is 3.35. The Bertz CT molecular complexity index is 644. The van der Waals surface area contributed by atoms with Crippen LogP contribution in [0.25, 0.3) is 11.2 Å². The second kappa shape index (κ2) is 4.69. The summed E-state index contributed by atoms with van der Waals surface area (Å²) < 4.78 is 1.61. The molecule has 0 atom stereocenters. The molecule has 106 valence electrons. The molecule has 8 heteroatoms. The first-order valence-corrected chi connectivity index (χ1v) is 6.62. The van der Waals surface area contributed by atoms with Gasteiger partial charge in [0, 0.05) is 26.2 Å². The van der Waals surface area contributed by atoms with Crippen LogP contribution in [0.2, 0.25) is 0 Å². The molecule has 0 aliphatic carbocycles. The molecule has 1 aliphatic rings. The topological polar surface area (TPSA) is 88.8 Å². The molecular formula is C12H17N7O. The number of aromatic nitrogens is 5. The fourth-order valence-corrected chi connectivity index (χ4v) is 2.29. The highest BCUT2D eigenvalue weighted by molar-refractivity contribution is 5.86. The van der Waals surface area contributed by atoms with Crippen LogP contribution in [0.3, 0.4) is 0 Å². The molecule has 2 aromatic rings. The van der Waals surface area contributed by atoms with Gasteiger partial charge in [-0.3, -0.25) is 4.79 Å². The molecule has 0 radical (unpaired) electrons. The van der Waals surface area contributed by atoms with E-state index in [2.05, 4.69) is 25.6 Å². The predicted octanol–water partition coefficient (Wildman–Crippen LogP) is -0.281. The van der Waals surface area contributed by atoms with Gasteiger partial charge >= 0.3 is 0 Å². The number of nitrogens with zero attached hydrogens (tertiary/aromatic N) is 6. The lowest BCUT2D eigenvalue weighted by atomic mass is 9.99. The van der Waals surface area contributed by atoms with Gasteiger partial charge in [-0.25, -0.2) is 14.6 Å². The van der Waals surface area contributed by atoms with Crippen molar-refractivity contribution in [3.63, 3.8) is 0 Å². The monoisotopic (exact) mass is 275 g/mol. The molecule has 8 nitrogen and oxygen atoms in total. The second-order valence-electron chi connectivity index (χ2n) is 5.35. The maximum Gasteiger partial charge on any atom is 0.226 e. The van der Waals surface area contributed by atoms with Crippen LogP contribution in [-0.2, 0) is 11.8 Å². The van der Waals surface area contributed by atoms with Crippen molar-refractivity contribution in [2.75, 3.05) is 18.0 Å². The molecule has 0 spiro atoms. The van der Waals surface area contributed by atoms with Crippen LogP contribution in [0, 0.1) is 5.92 Å². The molecule has 3 rings (SSSR count). The molecule has 0 aromatic carbocycles. The van der Waals surface area contributed by atoms with Crippen LogP contribution in [-0.4, -0.2) is 50.0 Å². The molecule has 1 N–H and O–H groups in total. The number of nitrogens with one attached hydrogen (secondary N) is 1. The normalized spacial score (nSPS) is 15.7. The molecule has 20 heavy (non-hydrogen) atoms. The molecular weight excluding hydrogens is 258 g/mol. The lowest BCUT2D eigenvalue weighted by Crippen LogP contribution is -2.55. The number of fused-ring (bicyclic) bond motifs is 1. The standard InChI is InChI=1S/C12H17N7O/c1-7(2)15-12(20)8-4-19(5-8)11-9-10(13-6-14-11)18(3)17-16-9/h6-8H,4-5H2,1-3H3,(H,15,20). The van der Waals surface area contributed by atoms with Crippen LogP contribution in [0.5, 0.6) is 0 Å². The molecule has 0 bridgehead atoms. The highest BCUT2D eigenvalue weighted by Crippen LogP contribution is 2.27. The van der Waals surface area contributed by atoms with Gasteiger partial charge in [0.25, 0.3) is 0 Å². The summed E-state index contributed by atoms with van der Waals surface area (Å²) in [5.41, 5.74) is 1.38. The molecule has 1 saturated heterocycles. The summed E-state index contributed by atoms with van der Waals surface area (Å²) >= 11 is 0. The maximum atomic E-state index is 11.9. The van der Waals surface area contributed by atoms with E-state index in [1.54, 1.807) is 11.7 Å². The van der Waals surface area contributed by atoms with Gasteiger partial charge in [0.05, 0.1) is 5.92 Å². The Kier molecular flexibility index (Phi) is 3.00. The summed E-state index contributed by atoms with van der Waals surface area (Å²) in [6.45, 7) is 5.23. The number of carbonyl (C=O) groups excluding carboxylic acids is 1. The first-order chi connectivity index (χ1) is 9.56. The van der Waals surface area contributed by atoms with E-state index >= 15 is 0 Å². The minimum Gasteiger partial charge on any atom is -0.354 e. The Morgan fingerprint density at radius 3 is 2.85 bits per heavy atom. The van der Waals surface area contributed by atoms with E-state index in [0.29, 0.717) is 24.3 Å². The fourth-order valence-electron chi connectivity index (χ4n) is 2.29. The van der Waals surface area contributed by atoms with Crippen LogP contribution in [0.15, 0.2) is 6.33 Å². The summed E-state index contributed by atoms with van der Waals surface area (Å²) in [4.78, 5) is 22.3. The number of carbonyl (C=O) groups is 1. The summed E-state index contributed by atoms with van der Waals surface area (Å²) in [6.07, 6.45) is 1.50. The van der Waals surface area contributed by atoms with Gasteiger partial charge in [-0.05, 0) is 13.8 Å². The SMILES string of the molecule is CC(C)NC(=O)C1CN(c2ncnc3c2nnn3C)C1. The first kappa shape index (κ1) is 12.8. The molecule has 2 aromatic heterocycles. The van der Waals surface area contributed by atoms with E-state index in [1.165, 1.54) is 6.33 Å². The van der Waals surface area contributed by atoms with E-state index in [4.69, 9.17) is 0 Å². The largest absolute Gasteiger partial charge is 0.354 e. The zero-order valence-corrected chi connectivity index (χ0v) is 11.7. The quantitative estimate of drug-likeness (QED) is 0.828. The van der Waals surface area contributed by atoms with Crippen molar-refractivity contribution < 1.29 is 4.79 Å². The minimum atomic E-state index is 0.0130. The van der Waals surface area contributed by atoms with E-state index in [-0.39, 0.29) is 17.9 Å². The Morgan fingerprint density at radius 2 is 2.15 bits per heavy atom. The molecule has 3 heterocycles. The summed E-state index contributed by atoms with van der Waals surface area (Å²) in [5.74, 6) is 0.858. The van der Waals surface area contributed by atoms with Crippen LogP contribution in [0.4, 0.5) is 5.82 Å². The maximum absolute atomic E-state index is 11.9. The van der Waals surface area contributed by atoms with Crippen LogP contribution in [0.1, 0.15) is 13.8 Å². The van der Waals surface area contributed by atoms with Gasteiger partial charge < -0.3 is 10.2 Å². The van der Waals surface area contributed by atoms with E-state index in [0.717, 1.165) is 5.82 Å². The second-order valence-corrected chi connectivity index (χ2v) is 5.35. The Hall–Kier alpha value is -2.25. The highest BCUT2D eigenvalue weighted by atomic mass is 16.2. The van der Waals surface area contributed by atoms with Gasteiger partial charge in [-0.15, -0.1) is 5.10 Å². The molecule has 0 unspecified atom stereocenters. The number of hydrogen-bond donors (Lipinski definition) is 1. The number of anilines is 1. The first-order valence-electron chi connectivity index (χ1n) is 6.62. The molecule has 1 aliphatic heterocycles. The highest BCUT2D eigenvalue weighted by Gasteiger charge is 2.35. The Labute approximate surface area is 116 Å². The number of rotatable bonds is 3. The average molecular weight is 275 g/mol. The van der Waals surface area contributed by atoms with Crippen molar-refractivity contribution in [1.82, 2.24) is 30.3 Å². The lowest BCUT2D eigenvalue weighted by Gasteiger charge is -2.39. The number of aryl methyl sites for hydroxylation is 1. The van der Waals surface area contributed by atoms with E-state index in [1.807, 2.05) is 18.7 Å². The fraction of sp³-hybridized carbons (Fsp3) is 0.583. The minimum absolute atomic E-state index is 0.0130. The number of hydrogen-bond acceptors (Lipinski definition) is 6. The van der Waals surface area contributed by atoms with Crippen molar-refractivity contribution >= 4 is 22.9 Å². The smallest absolute Gasteiger partial charge is 0.226 e. The van der Waals surface area contributed by atoms with Crippen molar-refractivity contribution in [3.05, 3.63) is 6.33 Å². The zero-order chi connectivity index (χ0) is 14.3. The Morgan fingerprint density at radius 1 is 1.40 bits per heavy atom. The van der Waals surface area contributed by atoms with Crippen molar-refractivity contribution in [1.29, 1.82) is 0 Å².